The zero-order valence-electron chi connectivity index (χ0n) is 16.5. The van der Waals surface area contributed by atoms with E-state index in [1.165, 1.54) is 33.4 Å². The Kier molecular flexibility index (Phi) is 5.61. The highest BCUT2D eigenvalue weighted by Gasteiger charge is 2.21. The molecule has 0 fully saturated rings. The molecule has 0 saturated carbocycles. The largest absolute Gasteiger partial charge is 0.0617 e. The number of aryl methyl sites for hydroxylation is 2. The molecule has 0 nitrogen and oxygen atoms in total. The fourth-order valence-electron chi connectivity index (χ4n) is 3.73. The van der Waals surface area contributed by atoms with Crippen molar-refractivity contribution in [1.29, 1.82) is 0 Å². The van der Waals surface area contributed by atoms with Gasteiger partial charge in [-0.15, -0.1) is 0 Å². The molecule has 0 aliphatic carbocycles. The highest BCUT2D eigenvalue weighted by Crippen LogP contribution is 2.29. The number of hydrogen-bond acceptors (Lipinski definition) is 0. The molecular weight excluding hydrogens is 312 g/mol. The van der Waals surface area contributed by atoms with Gasteiger partial charge >= 0.3 is 0 Å². The van der Waals surface area contributed by atoms with Crippen LogP contribution in [0.5, 0.6) is 0 Å². The van der Waals surface area contributed by atoms with Gasteiger partial charge in [0.1, 0.15) is 0 Å². The lowest BCUT2D eigenvalue weighted by Crippen LogP contribution is -2.20. The van der Waals surface area contributed by atoms with Gasteiger partial charge in [-0.05, 0) is 59.4 Å². The quantitative estimate of drug-likeness (QED) is 0.469. The summed E-state index contributed by atoms with van der Waals surface area (Å²) < 4.78 is 0. The van der Waals surface area contributed by atoms with Crippen LogP contribution in [0.1, 0.15) is 54.2 Å². The number of benzene rings is 3. The second-order valence-corrected chi connectivity index (χ2v) is 8.10. The Morgan fingerprint density at radius 2 is 1.31 bits per heavy atom. The van der Waals surface area contributed by atoms with Gasteiger partial charge in [0.15, 0.2) is 0 Å². The molecule has 0 saturated heterocycles. The van der Waals surface area contributed by atoms with Crippen molar-refractivity contribution < 1.29 is 0 Å². The monoisotopic (exact) mass is 342 g/mol. The topological polar surface area (TPSA) is 0 Å². The van der Waals surface area contributed by atoms with E-state index < -0.39 is 0 Å². The lowest BCUT2D eigenvalue weighted by atomic mass is 9.78. The first kappa shape index (κ1) is 18.5. The molecule has 0 aliphatic rings. The maximum Gasteiger partial charge on any atom is -0.00256 e. The summed E-state index contributed by atoms with van der Waals surface area (Å²) in [5.74, 6) is 0. The maximum absolute atomic E-state index is 2.38. The zero-order chi connectivity index (χ0) is 18.6. The van der Waals surface area contributed by atoms with E-state index in [4.69, 9.17) is 0 Å². The molecule has 0 aromatic heterocycles. The Balaban J connectivity index is 1.79. The Morgan fingerprint density at radius 3 is 2.04 bits per heavy atom. The van der Waals surface area contributed by atoms with Gasteiger partial charge in [-0.1, -0.05) is 99.1 Å². The summed E-state index contributed by atoms with van der Waals surface area (Å²) in [6.07, 6.45) is 3.15. The predicted molar refractivity (Wildman–Crippen MR) is 113 cm³/mol. The van der Waals surface area contributed by atoms with Gasteiger partial charge < -0.3 is 0 Å². The summed E-state index contributed by atoms with van der Waals surface area (Å²) in [4.78, 5) is 0. The predicted octanol–water partition coefficient (Wildman–Crippen LogP) is 6.67. The minimum Gasteiger partial charge on any atom is -0.0617 e. The summed E-state index contributed by atoms with van der Waals surface area (Å²) in [5, 5.41) is 0. The van der Waals surface area contributed by atoms with E-state index >= 15 is 0 Å². The summed E-state index contributed by atoms with van der Waals surface area (Å²) >= 11 is 0. The number of hydrogen-bond donors (Lipinski definition) is 0. The van der Waals surface area contributed by atoms with Crippen LogP contribution in [0.3, 0.4) is 0 Å². The van der Waals surface area contributed by atoms with Gasteiger partial charge in [0, 0.05) is 0 Å². The summed E-state index contributed by atoms with van der Waals surface area (Å²) in [6, 6.07) is 27.0. The second kappa shape index (κ2) is 7.91. The molecule has 0 aliphatic heterocycles. The van der Waals surface area contributed by atoms with Crippen LogP contribution in [0.4, 0.5) is 0 Å². The van der Waals surface area contributed by atoms with Crippen LogP contribution in [0.25, 0.3) is 0 Å². The Morgan fingerprint density at radius 1 is 0.692 bits per heavy atom. The minimum atomic E-state index is 0.132. The lowest BCUT2D eigenvalue weighted by molar-refractivity contribution is 0.521. The second-order valence-electron chi connectivity index (χ2n) is 8.10. The van der Waals surface area contributed by atoms with Gasteiger partial charge in [-0.2, -0.15) is 0 Å². The van der Waals surface area contributed by atoms with E-state index in [1.54, 1.807) is 0 Å². The van der Waals surface area contributed by atoms with Crippen LogP contribution in [-0.2, 0) is 24.7 Å². The van der Waals surface area contributed by atoms with Gasteiger partial charge in [0.2, 0.25) is 0 Å². The average Bonchev–Trinajstić information content (AvgIpc) is 2.62. The molecule has 3 rings (SSSR count). The van der Waals surface area contributed by atoms with Crippen LogP contribution in [-0.4, -0.2) is 0 Å². The van der Waals surface area contributed by atoms with Gasteiger partial charge in [0.25, 0.3) is 0 Å². The molecule has 134 valence electrons. The lowest BCUT2D eigenvalue weighted by Gasteiger charge is -2.26. The van der Waals surface area contributed by atoms with Crippen molar-refractivity contribution in [3.05, 3.63) is 106 Å². The summed E-state index contributed by atoms with van der Waals surface area (Å²) in [7, 11) is 0. The van der Waals surface area contributed by atoms with Crippen LogP contribution < -0.4 is 0 Å². The highest BCUT2D eigenvalue weighted by atomic mass is 14.3. The Hall–Kier alpha value is -2.34. The maximum atomic E-state index is 2.38. The summed E-state index contributed by atoms with van der Waals surface area (Å²) in [5.41, 5.74) is 8.51. The van der Waals surface area contributed by atoms with Crippen LogP contribution >= 0.6 is 0 Å². The molecule has 0 radical (unpaired) electrons. The van der Waals surface area contributed by atoms with Crippen molar-refractivity contribution >= 4 is 0 Å². The molecule has 0 unspecified atom stereocenters. The van der Waals surface area contributed by atoms with E-state index in [0.29, 0.717) is 0 Å². The number of rotatable bonds is 6. The van der Waals surface area contributed by atoms with Crippen LogP contribution in [0, 0.1) is 6.92 Å². The minimum absolute atomic E-state index is 0.132. The standard InChI is InChI=1S/C26H30/c1-5-21-10-8-14-25(18-21)26(3,4)19-24-13-7-12-23(17-24)16-22-11-6-9-20(2)15-22/h6-15,17-18H,5,16,19H2,1-4H3. The van der Waals surface area contributed by atoms with Gasteiger partial charge in [-0.25, -0.2) is 0 Å². The van der Waals surface area contributed by atoms with E-state index in [9.17, 15) is 0 Å². The Labute approximate surface area is 158 Å². The molecule has 0 heteroatoms. The first-order valence-electron chi connectivity index (χ1n) is 9.69. The first-order chi connectivity index (χ1) is 12.5. The molecule has 0 N–H and O–H groups in total. The molecule has 0 atom stereocenters. The van der Waals surface area contributed by atoms with Crippen molar-refractivity contribution in [3.8, 4) is 0 Å². The van der Waals surface area contributed by atoms with E-state index in [1.807, 2.05) is 0 Å². The zero-order valence-corrected chi connectivity index (χ0v) is 16.5. The van der Waals surface area contributed by atoms with E-state index in [-0.39, 0.29) is 5.41 Å². The van der Waals surface area contributed by atoms with E-state index in [0.717, 1.165) is 19.3 Å². The molecule has 3 aromatic rings. The van der Waals surface area contributed by atoms with Crippen molar-refractivity contribution in [2.75, 3.05) is 0 Å². The molecular formula is C26H30. The van der Waals surface area contributed by atoms with Crippen molar-refractivity contribution in [1.82, 2.24) is 0 Å². The van der Waals surface area contributed by atoms with Crippen molar-refractivity contribution in [2.24, 2.45) is 0 Å². The van der Waals surface area contributed by atoms with Crippen LogP contribution in [0.15, 0.2) is 72.8 Å². The van der Waals surface area contributed by atoms with Gasteiger partial charge in [-0.3, -0.25) is 0 Å². The molecule has 0 spiro atoms. The summed E-state index contributed by atoms with van der Waals surface area (Å²) in [6.45, 7) is 9.09. The first-order valence-corrected chi connectivity index (χ1v) is 9.69. The van der Waals surface area contributed by atoms with E-state index in [2.05, 4.69) is 100 Å². The molecule has 0 bridgehead atoms. The fourth-order valence-corrected chi connectivity index (χ4v) is 3.73. The highest BCUT2D eigenvalue weighted by molar-refractivity contribution is 5.35. The molecule has 0 amide bonds. The fraction of sp³-hybridized carbons (Fsp3) is 0.308. The third-order valence-corrected chi connectivity index (χ3v) is 5.24. The van der Waals surface area contributed by atoms with Crippen molar-refractivity contribution in [3.63, 3.8) is 0 Å². The third-order valence-electron chi connectivity index (χ3n) is 5.24. The van der Waals surface area contributed by atoms with Crippen molar-refractivity contribution in [2.45, 2.75) is 52.4 Å². The Bertz CT molecular complexity index is 870. The van der Waals surface area contributed by atoms with Crippen LogP contribution in [0.2, 0.25) is 0 Å². The third kappa shape index (κ3) is 4.64. The smallest absolute Gasteiger partial charge is 0.00256 e. The molecule has 0 heterocycles. The normalized spacial score (nSPS) is 11.5. The molecule has 3 aromatic carbocycles. The van der Waals surface area contributed by atoms with Gasteiger partial charge in [0.05, 0.1) is 0 Å². The average molecular weight is 343 g/mol. The SMILES string of the molecule is CCc1cccc(C(C)(C)Cc2cccc(Cc3cccc(C)c3)c2)c1. The molecule has 26 heavy (non-hydrogen) atoms.